The highest BCUT2D eigenvalue weighted by atomic mass is 19.1. The van der Waals surface area contributed by atoms with Crippen LogP contribution in [0.25, 0.3) is 0 Å². The van der Waals surface area contributed by atoms with E-state index in [1.807, 2.05) is 11.0 Å². The molecule has 1 aliphatic heterocycles. The van der Waals surface area contributed by atoms with Crippen molar-refractivity contribution in [2.45, 2.75) is 40.0 Å². The number of nitrogens with zero attached hydrogens (tertiary/aromatic N) is 2. The zero-order valence-electron chi connectivity index (χ0n) is 14.6. The smallest absolute Gasteiger partial charge is 0.223 e. The summed E-state index contributed by atoms with van der Waals surface area (Å²) in [5, 5.41) is 0. The van der Waals surface area contributed by atoms with Crippen molar-refractivity contribution in [1.82, 2.24) is 9.80 Å². The van der Waals surface area contributed by atoms with Crippen LogP contribution in [-0.2, 0) is 11.2 Å². The molecule has 2 rings (SSSR count). The largest absolute Gasteiger partial charge is 0.340 e. The molecule has 1 saturated heterocycles. The standard InChI is InChI=1S/C19H29FN2O/c1-19(2,3)15-18(23)22-12-10-21(11-13-22)9-5-7-16-6-4-8-17(20)14-16/h4,6,8,14H,5,7,9-13,15H2,1-3H3. The van der Waals surface area contributed by atoms with Gasteiger partial charge >= 0.3 is 0 Å². The van der Waals surface area contributed by atoms with Crippen LogP contribution in [0.5, 0.6) is 0 Å². The third-order valence-corrected chi connectivity index (χ3v) is 4.24. The van der Waals surface area contributed by atoms with Crippen LogP contribution in [0.15, 0.2) is 24.3 Å². The first-order chi connectivity index (χ1) is 10.8. The van der Waals surface area contributed by atoms with Crippen molar-refractivity contribution in [1.29, 1.82) is 0 Å². The second-order valence-corrected chi connectivity index (χ2v) is 7.69. The van der Waals surface area contributed by atoms with Gasteiger partial charge in [-0.25, -0.2) is 4.39 Å². The van der Waals surface area contributed by atoms with E-state index in [0.29, 0.717) is 6.42 Å². The van der Waals surface area contributed by atoms with Crippen molar-refractivity contribution in [3.8, 4) is 0 Å². The fourth-order valence-corrected chi connectivity index (χ4v) is 2.99. The van der Waals surface area contributed by atoms with Crippen molar-refractivity contribution >= 4 is 5.91 Å². The summed E-state index contributed by atoms with van der Waals surface area (Å²) in [5.41, 5.74) is 1.11. The summed E-state index contributed by atoms with van der Waals surface area (Å²) >= 11 is 0. The maximum Gasteiger partial charge on any atom is 0.223 e. The first-order valence-corrected chi connectivity index (χ1v) is 8.58. The number of piperazine rings is 1. The van der Waals surface area contributed by atoms with Crippen LogP contribution < -0.4 is 0 Å². The molecule has 128 valence electrons. The zero-order chi connectivity index (χ0) is 16.9. The molecule has 0 radical (unpaired) electrons. The predicted octanol–water partition coefficient (Wildman–Crippen LogP) is 3.34. The van der Waals surface area contributed by atoms with Gasteiger partial charge in [0.1, 0.15) is 5.82 Å². The number of amides is 1. The molecule has 0 N–H and O–H groups in total. The summed E-state index contributed by atoms with van der Waals surface area (Å²) in [6, 6.07) is 6.84. The highest BCUT2D eigenvalue weighted by Gasteiger charge is 2.24. The molecule has 3 nitrogen and oxygen atoms in total. The molecule has 1 heterocycles. The number of carbonyl (C=O) groups is 1. The lowest BCUT2D eigenvalue weighted by molar-refractivity contribution is -0.134. The number of carbonyl (C=O) groups excluding carboxylic acids is 1. The highest BCUT2D eigenvalue weighted by Crippen LogP contribution is 2.20. The lowest BCUT2D eigenvalue weighted by atomic mass is 9.91. The van der Waals surface area contributed by atoms with Crippen LogP contribution in [0.2, 0.25) is 0 Å². The molecule has 0 bridgehead atoms. The second-order valence-electron chi connectivity index (χ2n) is 7.69. The van der Waals surface area contributed by atoms with Crippen LogP contribution in [0, 0.1) is 11.2 Å². The molecule has 4 heteroatoms. The monoisotopic (exact) mass is 320 g/mol. The highest BCUT2D eigenvalue weighted by molar-refractivity contribution is 5.76. The summed E-state index contributed by atoms with van der Waals surface area (Å²) < 4.78 is 13.1. The molecule has 0 aromatic heterocycles. The molecule has 1 amide bonds. The van der Waals surface area contributed by atoms with Crippen LogP contribution in [-0.4, -0.2) is 48.4 Å². The molecule has 0 spiro atoms. The van der Waals surface area contributed by atoms with Crippen LogP contribution >= 0.6 is 0 Å². The summed E-state index contributed by atoms with van der Waals surface area (Å²) in [7, 11) is 0. The second kappa shape index (κ2) is 7.91. The summed E-state index contributed by atoms with van der Waals surface area (Å²) in [4.78, 5) is 16.6. The third-order valence-electron chi connectivity index (χ3n) is 4.24. The molecule has 1 aromatic rings. The zero-order valence-corrected chi connectivity index (χ0v) is 14.6. The van der Waals surface area contributed by atoms with Gasteiger partial charge in [0.05, 0.1) is 0 Å². The fraction of sp³-hybridized carbons (Fsp3) is 0.632. The van der Waals surface area contributed by atoms with Crippen molar-refractivity contribution in [3.63, 3.8) is 0 Å². The third kappa shape index (κ3) is 6.30. The van der Waals surface area contributed by atoms with E-state index in [4.69, 9.17) is 0 Å². The summed E-state index contributed by atoms with van der Waals surface area (Å²) in [6.07, 6.45) is 2.55. The van der Waals surface area contributed by atoms with Gasteiger partial charge in [-0.3, -0.25) is 9.69 Å². The van der Waals surface area contributed by atoms with Gasteiger partial charge < -0.3 is 4.90 Å². The average Bonchev–Trinajstić information content (AvgIpc) is 2.46. The Kier molecular flexibility index (Phi) is 6.17. The average molecular weight is 320 g/mol. The first-order valence-electron chi connectivity index (χ1n) is 8.58. The Bertz CT molecular complexity index is 516. The minimum Gasteiger partial charge on any atom is -0.340 e. The molecule has 1 fully saturated rings. The van der Waals surface area contributed by atoms with Crippen LogP contribution in [0.4, 0.5) is 4.39 Å². The Balaban J connectivity index is 1.68. The minimum absolute atomic E-state index is 0.0547. The molecular formula is C19H29FN2O. The maximum absolute atomic E-state index is 13.1. The van der Waals surface area contributed by atoms with E-state index >= 15 is 0 Å². The van der Waals surface area contributed by atoms with Gasteiger partial charge in [-0.2, -0.15) is 0 Å². The molecule has 0 unspecified atom stereocenters. The molecule has 0 aliphatic carbocycles. The topological polar surface area (TPSA) is 23.6 Å². The number of benzene rings is 1. The molecule has 0 atom stereocenters. The van der Waals surface area contributed by atoms with E-state index < -0.39 is 0 Å². The Labute approximate surface area is 139 Å². The van der Waals surface area contributed by atoms with Gasteiger partial charge in [0, 0.05) is 32.6 Å². The van der Waals surface area contributed by atoms with Crippen LogP contribution in [0.1, 0.15) is 39.2 Å². The van der Waals surface area contributed by atoms with Crippen molar-refractivity contribution in [3.05, 3.63) is 35.6 Å². The van der Waals surface area contributed by atoms with Crippen molar-refractivity contribution in [2.24, 2.45) is 5.41 Å². The van der Waals surface area contributed by atoms with Gasteiger partial charge in [-0.1, -0.05) is 32.9 Å². The Morgan fingerprint density at radius 1 is 1.17 bits per heavy atom. The molecular weight excluding hydrogens is 291 g/mol. The van der Waals surface area contributed by atoms with Crippen molar-refractivity contribution < 1.29 is 9.18 Å². The van der Waals surface area contributed by atoms with Gasteiger partial charge in [-0.05, 0) is 42.5 Å². The number of hydrogen-bond donors (Lipinski definition) is 0. The Morgan fingerprint density at radius 2 is 1.87 bits per heavy atom. The SMILES string of the molecule is CC(C)(C)CC(=O)N1CCN(CCCc2cccc(F)c2)CC1. The fourth-order valence-electron chi connectivity index (χ4n) is 2.99. The Morgan fingerprint density at radius 3 is 2.48 bits per heavy atom. The van der Waals surface area contributed by atoms with E-state index in [9.17, 15) is 9.18 Å². The van der Waals surface area contributed by atoms with E-state index in [2.05, 4.69) is 25.7 Å². The lowest BCUT2D eigenvalue weighted by Gasteiger charge is -2.36. The minimum atomic E-state index is -0.159. The number of halogens is 1. The first kappa shape index (κ1) is 17.9. The quantitative estimate of drug-likeness (QED) is 0.831. The molecule has 0 saturated carbocycles. The lowest BCUT2D eigenvalue weighted by Crippen LogP contribution is -2.49. The van der Waals surface area contributed by atoms with Gasteiger partial charge in [0.25, 0.3) is 0 Å². The van der Waals surface area contributed by atoms with Gasteiger partial charge in [0.15, 0.2) is 0 Å². The maximum atomic E-state index is 13.1. The van der Waals surface area contributed by atoms with E-state index in [0.717, 1.165) is 51.1 Å². The molecule has 23 heavy (non-hydrogen) atoms. The summed E-state index contributed by atoms with van der Waals surface area (Å²) in [5.74, 6) is 0.116. The van der Waals surface area contributed by atoms with E-state index in [-0.39, 0.29) is 17.1 Å². The molecule has 1 aromatic carbocycles. The Hall–Kier alpha value is -1.42. The van der Waals surface area contributed by atoms with Gasteiger partial charge in [0.2, 0.25) is 5.91 Å². The van der Waals surface area contributed by atoms with Gasteiger partial charge in [-0.15, -0.1) is 0 Å². The number of aryl methyl sites for hydroxylation is 1. The van der Waals surface area contributed by atoms with E-state index in [1.54, 1.807) is 12.1 Å². The van der Waals surface area contributed by atoms with E-state index in [1.165, 1.54) is 6.07 Å². The summed E-state index contributed by atoms with van der Waals surface area (Å²) in [6.45, 7) is 10.9. The number of hydrogen-bond acceptors (Lipinski definition) is 2. The predicted molar refractivity (Wildman–Crippen MR) is 91.8 cm³/mol. The normalized spacial score (nSPS) is 16.6. The van der Waals surface area contributed by atoms with Crippen molar-refractivity contribution in [2.75, 3.05) is 32.7 Å². The number of rotatable bonds is 5. The van der Waals surface area contributed by atoms with Crippen LogP contribution in [0.3, 0.4) is 0 Å². The molecule has 1 aliphatic rings.